The summed E-state index contributed by atoms with van der Waals surface area (Å²) in [5.74, 6) is 2.59. The van der Waals surface area contributed by atoms with Gasteiger partial charge in [-0.25, -0.2) is 0 Å². The molecule has 2 rings (SSSR count). The molecule has 2 N–H and O–H groups in total. The minimum absolute atomic E-state index is 0.458. The van der Waals surface area contributed by atoms with Gasteiger partial charge in [0, 0.05) is 19.1 Å². The molecule has 0 amide bonds. The number of nitrogens with zero attached hydrogens (tertiary/aromatic N) is 1. The van der Waals surface area contributed by atoms with E-state index in [0.717, 1.165) is 48.8 Å². The molecule has 0 unspecified atom stereocenters. The van der Waals surface area contributed by atoms with Crippen molar-refractivity contribution >= 4 is 5.96 Å². The highest BCUT2D eigenvalue weighted by molar-refractivity contribution is 5.80. The third kappa shape index (κ3) is 5.20. The summed E-state index contributed by atoms with van der Waals surface area (Å²) in [5.41, 5.74) is 1.11. The molecule has 5 heteroatoms. The van der Waals surface area contributed by atoms with Gasteiger partial charge < -0.3 is 20.1 Å². The van der Waals surface area contributed by atoms with Crippen LogP contribution in [0.2, 0.25) is 0 Å². The van der Waals surface area contributed by atoms with E-state index in [1.807, 2.05) is 18.2 Å². The van der Waals surface area contributed by atoms with E-state index in [2.05, 4.69) is 34.7 Å². The number of guanidine groups is 1. The lowest BCUT2D eigenvalue weighted by Crippen LogP contribution is -2.42. The van der Waals surface area contributed by atoms with Crippen molar-refractivity contribution in [1.82, 2.24) is 10.6 Å². The first-order chi connectivity index (χ1) is 11.3. The lowest BCUT2D eigenvalue weighted by atomic mass is 10.1. The van der Waals surface area contributed by atoms with Crippen LogP contribution in [0.1, 0.15) is 25.3 Å². The summed E-state index contributed by atoms with van der Waals surface area (Å²) < 4.78 is 10.7. The predicted octanol–water partition coefficient (Wildman–Crippen LogP) is 2.52. The lowest BCUT2D eigenvalue weighted by Gasteiger charge is -2.17. The van der Waals surface area contributed by atoms with Gasteiger partial charge in [0.25, 0.3) is 0 Å². The fraction of sp³-hybridized carbons (Fsp3) is 0.500. The molecule has 0 fully saturated rings. The van der Waals surface area contributed by atoms with Crippen molar-refractivity contribution in [2.45, 2.75) is 32.2 Å². The second-order valence-corrected chi connectivity index (χ2v) is 5.47. The molecular formula is C18H27N3O2. The van der Waals surface area contributed by atoms with E-state index < -0.39 is 0 Å². The molecule has 126 valence electrons. The Balaban J connectivity index is 1.96. The average Bonchev–Trinajstić information content (AvgIpc) is 3.08. The zero-order valence-corrected chi connectivity index (χ0v) is 14.3. The molecular weight excluding hydrogens is 290 g/mol. The van der Waals surface area contributed by atoms with Gasteiger partial charge >= 0.3 is 0 Å². The van der Waals surface area contributed by atoms with E-state index >= 15 is 0 Å². The van der Waals surface area contributed by atoms with Gasteiger partial charge in [0.05, 0.1) is 14.2 Å². The molecule has 0 radical (unpaired) electrons. The summed E-state index contributed by atoms with van der Waals surface area (Å²) in [5, 5.41) is 6.78. The third-order valence-corrected chi connectivity index (χ3v) is 3.83. The molecule has 0 bridgehead atoms. The van der Waals surface area contributed by atoms with Gasteiger partial charge in [-0.1, -0.05) is 12.2 Å². The SMILES string of the molecule is CCNC(=NCCc1cc(OC)ccc1OC)NC1CC=CC1. The van der Waals surface area contributed by atoms with E-state index in [1.165, 1.54) is 0 Å². The molecule has 0 heterocycles. The first kappa shape index (κ1) is 17.2. The predicted molar refractivity (Wildman–Crippen MR) is 94.5 cm³/mol. The second-order valence-electron chi connectivity index (χ2n) is 5.47. The highest BCUT2D eigenvalue weighted by Gasteiger charge is 2.11. The largest absolute Gasteiger partial charge is 0.497 e. The third-order valence-electron chi connectivity index (χ3n) is 3.83. The summed E-state index contributed by atoms with van der Waals surface area (Å²) in [6, 6.07) is 6.31. The van der Waals surface area contributed by atoms with Crippen LogP contribution in [0.15, 0.2) is 35.3 Å². The number of aliphatic imine (C=N–C) groups is 1. The van der Waals surface area contributed by atoms with Crippen molar-refractivity contribution in [1.29, 1.82) is 0 Å². The van der Waals surface area contributed by atoms with Gasteiger partial charge in [0.1, 0.15) is 11.5 Å². The maximum atomic E-state index is 5.41. The first-order valence-electron chi connectivity index (χ1n) is 8.17. The summed E-state index contributed by atoms with van der Waals surface area (Å²) >= 11 is 0. The van der Waals surface area contributed by atoms with Crippen molar-refractivity contribution in [2.24, 2.45) is 4.99 Å². The maximum absolute atomic E-state index is 5.41. The highest BCUT2D eigenvalue weighted by Crippen LogP contribution is 2.24. The number of hydrogen-bond acceptors (Lipinski definition) is 3. The van der Waals surface area contributed by atoms with Crippen molar-refractivity contribution in [3.05, 3.63) is 35.9 Å². The topological polar surface area (TPSA) is 54.9 Å². The Morgan fingerprint density at radius 3 is 2.65 bits per heavy atom. The van der Waals surface area contributed by atoms with E-state index in [4.69, 9.17) is 9.47 Å². The molecule has 0 aromatic heterocycles. The standard InChI is InChI=1S/C18H27N3O2/c1-4-19-18(21-15-7-5-6-8-15)20-12-11-14-13-16(22-2)9-10-17(14)23-3/h5-6,9-10,13,15H,4,7-8,11-12H2,1-3H3,(H2,19,20,21). The quantitative estimate of drug-likeness (QED) is 0.461. The number of rotatable bonds is 7. The van der Waals surface area contributed by atoms with Gasteiger partial charge in [-0.15, -0.1) is 0 Å². The zero-order chi connectivity index (χ0) is 16.5. The first-order valence-corrected chi connectivity index (χ1v) is 8.17. The van der Waals surface area contributed by atoms with Crippen LogP contribution in [-0.4, -0.2) is 39.3 Å². The van der Waals surface area contributed by atoms with Crippen LogP contribution in [0.3, 0.4) is 0 Å². The van der Waals surface area contributed by atoms with Crippen LogP contribution >= 0.6 is 0 Å². The van der Waals surface area contributed by atoms with Gasteiger partial charge in [-0.3, -0.25) is 4.99 Å². The van der Waals surface area contributed by atoms with Crippen LogP contribution in [0.5, 0.6) is 11.5 Å². The smallest absolute Gasteiger partial charge is 0.191 e. The van der Waals surface area contributed by atoms with E-state index in [9.17, 15) is 0 Å². The van der Waals surface area contributed by atoms with Crippen molar-refractivity contribution < 1.29 is 9.47 Å². The Bertz CT molecular complexity index is 547. The normalized spacial score (nSPS) is 14.8. The summed E-state index contributed by atoms with van der Waals surface area (Å²) in [6.45, 7) is 3.63. The van der Waals surface area contributed by atoms with Crippen LogP contribution in [0.4, 0.5) is 0 Å². The summed E-state index contributed by atoms with van der Waals surface area (Å²) in [4.78, 5) is 4.67. The Morgan fingerprint density at radius 1 is 1.22 bits per heavy atom. The number of nitrogens with one attached hydrogen (secondary N) is 2. The summed E-state index contributed by atoms with van der Waals surface area (Å²) in [6.07, 6.45) is 7.35. The van der Waals surface area contributed by atoms with Crippen molar-refractivity contribution in [3.63, 3.8) is 0 Å². The van der Waals surface area contributed by atoms with Gasteiger partial charge in [-0.2, -0.15) is 0 Å². The molecule has 0 aliphatic heterocycles. The number of benzene rings is 1. The molecule has 5 nitrogen and oxygen atoms in total. The van der Waals surface area contributed by atoms with Crippen LogP contribution in [0.25, 0.3) is 0 Å². The monoisotopic (exact) mass is 317 g/mol. The Kier molecular flexibility index (Phi) is 6.78. The molecule has 1 aliphatic carbocycles. The lowest BCUT2D eigenvalue weighted by molar-refractivity contribution is 0.399. The van der Waals surface area contributed by atoms with Crippen molar-refractivity contribution in [3.8, 4) is 11.5 Å². The number of methoxy groups -OCH3 is 2. The average molecular weight is 317 g/mol. The Morgan fingerprint density at radius 2 is 2.00 bits per heavy atom. The molecule has 23 heavy (non-hydrogen) atoms. The zero-order valence-electron chi connectivity index (χ0n) is 14.3. The molecule has 1 aliphatic rings. The summed E-state index contributed by atoms with van der Waals surface area (Å²) in [7, 11) is 3.36. The van der Waals surface area contributed by atoms with Crippen LogP contribution in [0, 0.1) is 0 Å². The van der Waals surface area contributed by atoms with Gasteiger partial charge in [-0.05, 0) is 49.9 Å². The molecule has 0 spiro atoms. The molecule has 1 aromatic carbocycles. The Hall–Kier alpha value is -2.17. The highest BCUT2D eigenvalue weighted by atomic mass is 16.5. The molecule has 0 saturated heterocycles. The second kappa shape index (κ2) is 9.08. The van der Waals surface area contributed by atoms with Crippen molar-refractivity contribution in [2.75, 3.05) is 27.3 Å². The molecule has 1 aromatic rings. The maximum Gasteiger partial charge on any atom is 0.191 e. The Labute approximate surface area is 138 Å². The fourth-order valence-electron chi connectivity index (χ4n) is 2.61. The molecule has 0 atom stereocenters. The molecule has 0 saturated carbocycles. The van der Waals surface area contributed by atoms with Crippen LogP contribution in [-0.2, 0) is 6.42 Å². The van der Waals surface area contributed by atoms with E-state index in [-0.39, 0.29) is 0 Å². The van der Waals surface area contributed by atoms with Gasteiger partial charge in [0.2, 0.25) is 0 Å². The van der Waals surface area contributed by atoms with Crippen LogP contribution < -0.4 is 20.1 Å². The number of hydrogen-bond donors (Lipinski definition) is 2. The van der Waals surface area contributed by atoms with Gasteiger partial charge in [0.15, 0.2) is 5.96 Å². The minimum atomic E-state index is 0.458. The van der Waals surface area contributed by atoms with E-state index in [1.54, 1.807) is 14.2 Å². The number of ether oxygens (including phenoxy) is 2. The minimum Gasteiger partial charge on any atom is -0.497 e. The fourth-order valence-corrected chi connectivity index (χ4v) is 2.61. The van der Waals surface area contributed by atoms with E-state index in [0.29, 0.717) is 12.6 Å².